The molecule has 1 aromatic carbocycles. The van der Waals surface area contributed by atoms with Crippen LogP contribution in [0.4, 0.5) is 8.78 Å². The van der Waals surface area contributed by atoms with Crippen LogP contribution in [-0.4, -0.2) is 30.1 Å². The summed E-state index contributed by atoms with van der Waals surface area (Å²) in [6.07, 6.45) is 3.28. The van der Waals surface area contributed by atoms with Crippen LogP contribution in [-0.2, 0) is 6.54 Å². The summed E-state index contributed by atoms with van der Waals surface area (Å²) in [4.78, 5) is 2.29. The van der Waals surface area contributed by atoms with Gasteiger partial charge in [-0.1, -0.05) is 20.3 Å². The standard InChI is InChI=1S/C16H24F2N2/c1-3-5-14-11-20(15(4-2)9-19-14)10-12-8-13(17)6-7-16(12)18/h6-8,14-15,19H,3-5,9-11H2,1-2H3. The van der Waals surface area contributed by atoms with E-state index in [9.17, 15) is 8.78 Å². The predicted octanol–water partition coefficient (Wildman–Crippen LogP) is 3.32. The fourth-order valence-corrected chi connectivity index (χ4v) is 2.95. The third-order valence-corrected chi connectivity index (χ3v) is 4.10. The summed E-state index contributed by atoms with van der Waals surface area (Å²) in [6, 6.07) is 4.56. The fourth-order valence-electron chi connectivity index (χ4n) is 2.95. The van der Waals surface area contributed by atoms with Crippen molar-refractivity contribution < 1.29 is 8.78 Å². The molecule has 2 rings (SSSR count). The van der Waals surface area contributed by atoms with Gasteiger partial charge in [-0.3, -0.25) is 4.90 Å². The maximum Gasteiger partial charge on any atom is 0.127 e. The van der Waals surface area contributed by atoms with Crippen LogP contribution in [0.5, 0.6) is 0 Å². The molecule has 4 heteroatoms. The molecule has 0 aliphatic carbocycles. The molecule has 1 fully saturated rings. The summed E-state index contributed by atoms with van der Waals surface area (Å²) in [5, 5.41) is 3.55. The first kappa shape index (κ1) is 15.4. The molecular weight excluding hydrogens is 258 g/mol. The van der Waals surface area contributed by atoms with E-state index in [0.717, 1.165) is 32.4 Å². The largest absolute Gasteiger partial charge is 0.311 e. The molecule has 1 aliphatic heterocycles. The molecule has 1 heterocycles. The average molecular weight is 282 g/mol. The number of nitrogens with one attached hydrogen (secondary N) is 1. The Morgan fingerprint density at radius 3 is 2.80 bits per heavy atom. The van der Waals surface area contributed by atoms with Gasteiger partial charge in [-0.2, -0.15) is 0 Å². The van der Waals surface area contributed by atoms with Crippen molar-refractivity contribution in [2.45, 2.75) is 51.7 Å². The molecule has 0 aromatic heterocycles. The van der Waals surface area contributed by atoms with Crippen molar-refractivity contribution in [3.8, 4) is 0 Å². The molecule has 1 saturated heterocycles. The minimum atomic E-state index is -0.366. The highest BCUT2D eigenvalue weighted by atomic mass is 19.1. The molecule has 0 spiro atoms. The Kier molecular flexibility index (Phi) is 5.49. The molecule has 112 valence electrons. The van der Waals surface area contributed by atoms with Gasteiger partial charge in [0.2, 0.25) is 0 Å². The Labute approximate surface area is 120 Å². The van der Waals surface area contributed by atoms with Gasteiger partial charge in [0.05, 0.1) is 0 Å². The van der Waals surface area contributed by atoms with Gasteiger partial charge in [0.1, 0.15) is 11.6 Å². The first-order valence-electron chi connectivity index (χ1n) is 7.55. The van der Waals surface area contributed by atoms with E-state index in [4.69, 9.17) is 0 Å². The highest BCUT2D eigenvalue weighted by Crippen LogP contribution is 2.19. The van der Waals surface area contributed by atoms with Crippen molar-refractivity contribution in [1.82, 2.24) is 10.2 Å². The van der Waals surface area contributed by atoms with Crippen molar-refractivity contribution in [2.24, 2.45) is 0 Å². The number of hydrogen-bond donors (Lipinski definition) is 1. The molecule has 0 saturated carbocycles. The molecule has 2 unspecified atom stereocenters. The quantitative estimate of drug-likeness (QED) is 0.891. The van der Waals surface area contributed by atoms with Crippen molar-refractivity contribution >= 4 is 0 Å². The summed E-state index contributed by atoms with van der Waals surface area (Å²) in [6.45, 7) is 6.63. The van der Waals surface area contributed by atoms with E-state index in [1.807, 2.05) is 0 Å². The van der Waals surface area contributed by atoms with E-state index >= 15 is 0 Å². The minimum absolute atomic E-state index is 0.313. The van der Waals surface area contributed by atoms with Gasteiger partial charge in [0.25, 0.3) is 0 Å². The van der Waals surface area contributed by atoms with E-state index in [0.29, 0.717) is 24.2 Å². The van der Waals surface area contributed by atoms with Gasteiger partial charge in [-0.25, -0.2) is 8.78 Å². The highest BCUT2D eigenvalue weighted by molar-refractivity contribution is 5.19. The highest BCUT2D eigenvalue weighted by Gasteiger charge is 2.26. The van der Waals surface area contributed by atoms with Gasteiger partial charge >= 0.3 is 0 Å². The summed E-state index contributed by atoms with van der Waals surface area (Å²) in [7, 11) is 0. The molecule has 0 radical (unpaired) electrons. The minimum Gasteiger partial charge on any atom is -0.311 e. The maximum absolute atomic E-state index is 13.8. The van der Waals surface area contributed by atoms with Gasteiger partial charge in [0.15, 0.2) is 0 Å². The van der Waals surface area contributed by atoms with Gasteiger partial charge in [-0.15, -0.1) is 0 Å². The number of rotatable bonds is 5. The molecule has 1 N–H and O–H groups in total. The Hall–Kier alpha value is -1.00. The molecule has 0 bridgehead atoms. The number of nitrogens with zero attached hydrogens (tertiary/aromatic N) is 1. The van der Waals surface area contributed by atoms with Crippen LogP contribution >= 0.6 is 0 Å². The third-order valence-electron chi connectivity index (χ3n) is 4.10. The van der Waals surface area contributed by atoms with Crippen LogP contribution in [0.1, 0.15) is 38.7 Å². The monoisotopic (exact) mass is 282 g/mol. The van der Waals surface area contributed by atoms with Crippen molar-refractivity contribution in [2.75, 3.05) is 13.1 Å². The van der Waals surface area contributed by atoms with Crippen molar-refractivity contribution in [3.05, 3.63) is 35.4 Å². The van der Waals surface area contributed by atoms with Crippen LogP contribution in [0, 0.1) is 11.6 Å². The van der Waals surface area contributed by atoms with E-state index in [2.05, 4.69) is 24.1 Å². The lowest BCUT2D eigenvalue weighted by Gasteiger charge is -2.40. The molecule has 0 amide bonds. The first-order chi connectivity index (χ1) is 9.63. The second kappa shape index (κ2) is 7.14. The van der Waals surface area contributed by atoms with E-state index in [-0.39, 0.29) is 11.6 Å². The topological polar surface area (TPSA) is 15.3 Å². The van der Waals surface area contributed by atoms with Crippen LogP contribution in [0.3, 0.4) is 0 Å². The molecule has 20 heavy (non-hydrogen) atoms. The number of hydrogen-bond acceptors (Lipinski definition) is 2. The zero-order valence-electron chi connectivity index (χ0n) is 12.3. The second-order valence-corrected chi connectivity index (χ2v) is 5.62. The lowest BCUT2D eigenvalue weighted by molar-refractivity contribution is 0.114. The van der Waals surface area contributed by atoms with Crippen LogP contribution in [0.2, 0.25) is 0 Å². The lowest BCUT2D eigenvalue weighted by atomic mass is 10.0. The fraction of sp³-hybridized carbons (Fsp3) is 0.625. The Morgan fingerprint density at radius 1 is 1.30 bits per heavy atom. The van der Waals surface area contributed by atoms with Crippen LogP contribution < -0.4 is 5.32 Å². The van der Waals surface area contributed by atoms with E-state index < -0.39 is 0 Å². The van der Waals surface area contributed by atoms with Crippen molar-refractivity contribution in [3.63, 3.8) is 0 Å². The SMILES string of the molecule is CCCC1CN(Cc2cc(F)ccc2F)C(CC)CN1. The normalized spacial score (nSPS) is 24.0. The van der Waals surface area contributed by atoms with Gasteiger partial charge in [-0.05, 0) is 31.0 Å². The van der Waals surface area contributed by atoms with Crippen molar-refractivity contribution in [1.29, 1.82) is 0 Å². The third kappa shape index (κ3) is 3.76. The Morgan fingerprint density at radius 2 is 2.10 bits per heavy atom. The number of piperazine rings is 1. The van der Waals surface area contributed by atoms with Crippen LogP contribution in [0.15, 0.2) is 18.2 Å². The van der Waals surface area contributed by atoms with Gasteiger partial charge < -0.3 is 5.32 Å². The molecule has 2 nitrogen and oxygen atoms in total. The average Bonchev–Trinajstić information content (AvgIpc) is 2.44. The zero-order valence-corrected chi connectivity index (χ0v) is 12.3. The summed E-state index contributed by atoms with van der Waals surface area (Å²) in [5.74, 6) is -0.679. The molecule has 2 atom stereocenters. The lowest BCUT2D eigenvalue weighted by Crippen LogP contribution is -2.55. The van der Waals surface area contributed by atoms with E-state index in [1.165, 1.54) is 18.2 Å². The first-order valence-corrected chi connectivity index (χ1v) is 7.55. The molecular formula is C16H24F2N2. The number of benzene rings is 1. The van der Waals surface area contributed by atoms with Gasteiger partial charge in [0, 0.05) is 37.3 Å². The van der Waals surface area contributed by atoms with E-state index in [1.54, 1.807) is 0 Å². The van der Waals surface area contributed by atoms with Crippen LogP contribution in [0.25, 0.3) is 0 Å². The Balaban J connectivity index is 2.09. The maximum atomic E-state index is 13.8. The predicted molar refractivity (Wildman–Crippen MR) is 77.5 cm³/mol. The smallest absolute Gasteiger partial charge is 0.127 e. The summed E-state index contributed by atoms with van der Waals surface area (Å²) >= 11 is 0. The summed E-state index contributed by atoms with van der Waals surface area (Å²) in [5.41, 5.74) is 0.459. The number of halogens is 2. The summed E-state index contributed by atoms with van der Waals surface area (Å²) < 4.78 is 27.1. The Bertz CT molecular complexity index is 436. The molecule has 1 aromatic rings. The molecule has 1 aliphatic rings. The second-order valence-electron chi connectivity index (χ2n) is 5.62. The zero-order chi connectivity index (χ0) is 14.5.